The highest BCUT2D eigenvalue weighted by Crippen LogP contribution is 2.44. The molecule has 0 aromatic carbocycles. The summed E-state index contributed by atoms with van der Waals surface area (Å²) in [6.07, 6.45) is -1.11. The summed E-state index contributed by atoms with van der Waals surface area (Å²) in [5, 5.41) is 9.05. The minimum atomic E-state index is -4.16. The number of nitrogens with zero attached hydrogens (tertiary/aromatic N) is 1. The van der Waals surface area contributed by atoms with Crippen LogP contribution < -0.4 is 0 Å². The van der Waals surface area contributed by atoms with Crippen molar-refractivity contribution in [1.82, 2.24) is 4.31 Å². The van der Waals surface area contributed by atoms with Crippen molar-refractivity contribution < 1.29 is 22.5 Å². The maximum Gasteiger partial charge on any atom is 0.423 e. The van der Waals surface area contributed by atoms with Crippen LogP contribution in [0, 0.1) is 5.41 Å². The molecule has 1 saturated heterocycles. The Bertz CT molecular complexity index is 397. The Labute approximate surface area is 95.5 Å². The Morgan fingerprint density at radius 1 is 1.50 bits per heavy atom. The van der Waals surface area contributed by atoms with Crippen molar-refractivity contribution in [2.75, 3.05) is 6.61 Å². The largest absolute Gasteiger partial charge is 0.464 e. The molecular weight excluding hydrogens is 234 g/mol. The molecule has 0 aromatic rings. The number of amides is 1. The third-order valence-corrected chi connectivity index (χ3v) is 4.58. The van der Waals surface area contributed by atoms with Crippen LogP contribution in [0.5, 0.6) is 0 Å². The quantitative estimate of drug-likeness (QED) is 0.762. The van der Waals surface area contributed by atoms with Gasteiger partial charge in [-0.3, -0.25) is 4.18 Å². The topological polar surface area (TPSA) is 83.9 Å². The lowest BCUT2D eigenvalue weighted by Crippen LogP contribution is -2.57. The molecule has 0 unspecified atom stereocenters. The molecule has 1 amide bonds. The SMILES string of the molecule is CC[C@@]1(C(C)(C)C)COS(=O)(=O)N1C(=O)O. The third kappa shape index (κ3) is 1.67. The molecule has 16 heavy (non-hydrogen) atoms. The Morgan fingerprint density at radius 3 is 2.25 bits per heavy atom. The summed E-state index contributed by atoms with van der Waals surface area (Å²) in [4.78, 5) is 11.1. The first-order chi connectivity index (χ1) is 7.08. The predicted octanol–water partition coefficient (Wildman–Crippen LogP) is 1.44. The van der Waals surface area contributed by atoms with Gasteiger partial charge in [-0.05, 0) is 11.8 Å². The van der Waals surface area contributed by atoms with Crippen molar-refractivity contribution in [3.8, 4) is 0 Å². The van der Waals surface area contributed by atoms with Crippen molar-refractivity contribution in [2.45, 2.75) is 39.7 Å². The van der Waals surface area contributed by atoms with Crippen LogP contribution in [0.25, 0.3) is 0 Å². The number of hydrogen-bond donors (Lipinski definition) is 1. The van der Waals surface area contributed by atoms with Crippen LogP contribution in [0.4, 0.5) is 4.79 Å². The minimum absolute atomic E-state index is 0.123. The average molecular weight is 251 g/mol. The molecule has 0 aromatic heterocycles. The minimum Gasteiger partial charge on any atom is -0.464 e. The van der Waals surface area contributed by atoms with Crippen molar-refractivity contribution in [1.29, 1.82) is 0 Å². The molecule has 7 heteroatoms. The van der Waals surface area contributed by atoms with Gasteiger partial charge in [0.25, 0.3) is 0 Å². The van der Waals surface area contributed by atoms with Gasteiger partial charge in [-0.25, -0.2) is 4.79 Å². The molecule has 1 atom stereocenters. The zero-order valence-electron chi connectivity index (χ0n) is 9.85. The van der Waals surface area contributed by atoms with Gasteiger partial charge in [-0.1, -0.05) is 27.7 Å². The van der Waals surface area contributed by atoms with E-state index in [4.69, 9.17) is 5.11 Å². The smallest absolute Gasteiger partial charge is 0.423 e. The van der Waals surface area contributed by atoms with E-state index in [0.717, 1.165) is 0 Å². The molecule has 94 valence electrons. The van der Waals surface area contributed by atoms with E-state index in [1.807, 2.05) is 0 Å². The van der Waals surface area contributed by atoms with Crippen LogP contribution in [-0.2, 0) is 14.5 Å². The standard InChI is InChI=1S/C9H17NO5S/c1-5-9(8(2,3)4)6-15-16(13,14)10(9)7(11)12/h5-6H2,1-4H3,(H,11,12)/t9-/m0/s1. The fraction of sp³-hybridized carbons (Fsp3) is 0.889. The number of rotatable bonds is 1. The molecule has 0 aliphatic carbocycles. The summed E-state index contributed by atoms with van der Waals surface area (Å²) in [7, 11) is -4.16. The highest BCUT2D eigenvalue weighted by Gasteiger charge is 2.59. The van der Waals surface area contributed by atoms with Gasteiger partial charge in [0, 0.05) is 0 Å². The summed E-state index contributed by atoms with van der Waals surface area (Å²) >= 11 is 0. The highest BCUT2D eigenvalue weighted by molar-refractivity contribution is 7.85. The fourth-order valence-corrected chi connectivity index (χ4v) is 3.60. The Kier molecular flexibility index (Phi) is 2.98. The van der Waals surface area contributed by atoms with Crippen molar-refractivity contribution in [3.05, 3.63) is 0 Å². The molecule has 0 radical (unpaired) electrons. The van der Waals surface area contributed by atoms with Crippen LogP contribution in [0.3, 0.4) is 0 Å². The van der Waals surface area contributed by atoms with E-state index in [9.17, 15) is 13.2 Å². The molecule has 0 spiro atoms. The Balaban J connectivity index is 3.38. The molecule has 1 N–H and O–H groups in total. The molecule has 1 aliphatic heterocycles. The lowest BCUT2D eigenvalue weighted by molar-refractivity contribution is 0.0498. The van der Waals surface area contributed by atoms with Crippen molar-refractivity contribution in [2.24, 2.45) is 5.41 Å². The second kappa shape index (κ2) is 3.59. The first-order valence-electron chi connectivity index (χ1n) is 5.01. The molecule has 1 rings (SSSR count). The van der Waals surface area contributed by atoms with E-state index in [0.29, 0.717) is 10.7 Å². The van der Waals surface area contributed by atoms with E-state index < -0.39 is 27.4 Å². The summed E-state index contributed by atoms with van der Waals surface area (Å²) < 4.78 is 28.2. The van der Waals surface area contributed by atoms with E-state index in [1.54, 1.807) is 27.7 Å². The maximum atomic E-state index is 11.5. The van der Waals surface area contributed by atoms with Crippen molar-refractivity contribution in [3.63, 3.8) is 0 Å². The van der Waals surface area contributed by atoms with Gasteiger partial charge in [0.15, 0.2) is 0 Å². The Hall–Kier alpha value is -0.820. The van der Waals surface area contributed by atoms with Crippen molar-refractivity contribution >= 4 is 16.4 Å². The first kappa shape index (κ1) is 13.2. The highest BCUT2D eigenvalue weighted by atomic mass is 32.2. The zero-order valence-corrected chi connectivity index (χ0v) is 10.7. The molecule has 6 nitrogen and oxygen atoms in total. The van der Waals surface area contributed by atoms with E-state index in [2.05, 4.69) is 4.18 Å². The van der Waals surface area contributed by atoms with Gasteiger partial charge in [0.1, 0.15) is 0 Å². The second-order valence-electron chi connectivity index (χ2n) is 4.90. The molecule has 1 fully saturated rings. The maximum absolute atomic E-state index is 11.5. The van der Waals surface area contributed by atoms with Crippen LogP contribution >= 0.6 is 0 Å². The van der Waals surface area contributed by atoms with Gasteiger partial charge in [0.05, 0.1) is 12.1 Å². The predicted molar refractivity (Wildman–Crippen MR) is 57.2 cm³/mol. The second-order valence-corrected chi connectivity index (χ2v) is 6.36. The summed E-state index contributed by atoms with van der Waals surface area (Å²) in [6, 6.07) is 0. The first-order valence-corrected chi connectivity index (χ1v) is 6.38. The van der Waals surface area contributed by atoms with Gasteiger partial charge in [-0.2, -0.15) is 12.7 Å². The van der Waals surface area contributed by atoms with Gasteiger partial charge >= 0.3 is 16.4 Å². The van der Waals surface area contributed by atoms with Gasteiger partial charge in [-0.15, -0.1) is 0 Å². The normalized spacial score (nSPS) is 29.4. The van der Waals surface area contributed by atoms with Gasteiger partial charge in [0.2, 0.25) is 0 Å². The molecule has 1 heterocycles. The van der Waals surface area contributed by atoms with Crippen LogP contribution in [0.2, 0.25) is 0 Å². The zero-order chi connectivity index (χ0) is 12.8. The summed E-state index contributed by atoms with van der Waals surface area (Å²) in [5.41, 5.74) is -1.55. The number of carbonyl (C=O) groups is 1. The molecule has 0 bridgehead atoms. The van der Waals surface area contributed by atoms with Crippen LogP contribution in [0.15, 0.2) is 0 Å². The van der Waals surface area contributed by atoms with Crippen LogP contribution in [-0.4, -0.2) is 36.1 Å². The molecule has 1 aliphatic rings. The summed E-state index contributed by atoms with van der Waals surface area (Å²) in [6.45, 7) is 7.04. The molecule has 0 saturated carbocycles. The fourth-order valence-electron chi connectivity index (χ4n) is 2.07. The average Bonchev–Trinajstić information content (AvgIpc) is 2.36. The van der Waals surface area contributed by atoms with Crippen LogP contribution in [0.1, 0.15) is 34.1 Å². The van der Waals surface area contributed by atoms with E-state index in [1.165, 1.54) is 0 Å². The number of hydrogen-bond acceptors (Lipinski definition) is 4. The lowest BCUT2D eigenvalue weighted by Gasteiger charge is -2.42. The lowest BCUT2D eigenvalue weighted by atomic mass is 9.72. The Morgan fingerprint density at radius 2 is 2.00 bits per heavy atom. The van der Waals surface area contributed by atoms with E-state index >= 15 is 0 Å². The van der Waals surface area contributed by atoms with Gasteiger partial charge < -0.3 is 5.11 Å². The number of carboxylic acid groups (broad SMARTS) is 1. The van der Waals surface area contributed by atoms with E-state index in [-0.39, 0.29) is 6.61 Å². The summed E-state index contributed by atoms with van der Waals surface area (Å²) in [5.74, 6) is 0. The molecular formula is C9H17NO5S. The third-order valence-electron chi connectivity index (χ3n) is 3.21. The monoisotopic (exact) mass is 251 g/mol.